The molecule has 0 aliphatic heterocycles. The Morgan fingerprint density at radius 3 is 2.53 bits per heavy atom. The third-order valence-corrected chi connectivity index (χ3v) is 2.61. The molecule has 0 aromatic carbocycles. The van der Waals surface area contributed by atoms with E-state index in [1.807, 2.05) is 0 Å². The molecule has 1 atom stereocenters. The molecule has 1 rings (SSSR count). The first-order chi connectivity index (χ1) is 6.80. The summed E-state index contributed by atoms with van der Waals surface area (Å²) in [6, 6.07) is 1.45. The van der Waals surface area contributed by atoms with Crippen LogP contribution in [0, 0.1) is 6.92 Å². The molecule has 0 fully saturated rings. The van der Waals surface area contributed by atoms with Gasteiger partial charge in [0.25, 0.3) is 0 Å². The van der Waals surface area contributed by atoms with Gasteiger partial charge in [0.15, 0.2) is 6.10 Å². The Balaban J connectivity index is 2.78. The van der Waals surface area contributed by atoms with Crippen molar-refractivity contribution in [3.8, 4) is 5.88 Å². The summed E-state index contributed by atoms with van der Waals surface area (Å²) in [5.41, 5.74) is 0.773. The van der Waals surface area contributed by atoms with Crippen molar-refractivity contribution < 1.29 is 17.9 Å². The van der Waals surface area contributed by atoms with E-state index >= 15 is 0 Å². The van der Waals surface area contributed by atoms with Crippen molar-refractivity contribution in [3.63, 3.8) is 0 Å². The van der Waals surface area contributed by atoms with E-state index in [2.05, 4.69) is 25.7 Å². The summed E-state index contributed by atoms with van der Waals surface area (Å²) < 4.78 is 41.8. The minimum atomic E-state index is -4.37. The molecular weight excluding hydrogens is 275 g/mol. The second-order valence-corrected chi connectivity index (χ2v) is 3.93. The van der Waals surface area contributed by atoms with Crippen LogP contribution in [0.5, 0.6) is 5.88 Å². The lowest BCUT2D eigenvalue weighted by molar-refractivity contribution is -0.190. The molecule has 1 heterocycles. The number of aryl methyl sites for hydroxylation is 1. The smallest absolute Gasteiger partial charge is 0.425 e. The van der Waals surface area contributed by atoms with E-state index < -0.39 is 12.3 Å². The fraction of sp³-hybridized carbons (Fsp3) is 0.444. The molecule has 15 heavy (non-hydrogen) atoms. The predicted molar refractivity (Wildman–Crippen MR) is 52.8 cm³/mol. The summed E-state index contributed by atoms with van der Waals surface area (Å²) in [6.07, 6.45) is -4.82. The van der Waals surface area contributed by atoms with Crippen molar-refractivity contribution in [2.24, 2.45) is 0 Å². The number of aromatic nitrogens is 1. The van der Waals surface area contributed by atoms with Crippen LogP contribution in [0.1, 0.15) is 12.5 Å². The second-order valence-electron chi connectivity index (χ2n) is 3.07. The number of ether oxygens (including phenoxy) is 1. The minimum absolute atomic E-state index is 0.0273. The number of pyridine rings is 1. The molecule has 0 aliphatic rings. The van der Waals surface area contributed by atoms with E-state index in [-0.39, 0.29) is 5.88 Å². The van der Waals surface area contributed by atoms with Crippen molar-refractivity contribution in [2.45, 2.75) is 26.1 Å². The Hall–Kier alpha value is -0.780. The number of rotatable bonds is 2. The highest BCUT2D eigenvalue weighted by Crippen LogP contribution is 2.25. The monoisotopic (exact) mass is 283 g/mol. The third-order valence-electron chi connectivity index (χ3n) is 1.78. The molecule has 1 unspecified atom stereocenters. The molecule has 0 spiro atoms. The SMILES string of the molecule is Cc1cc(OC(C)C(F)(F)F)ncc1Br. The van der Waals surface area contributed by atoms with E-state index in [9.17, 15) is 13.2 Å². The number of hydrogen-bond donors (Lipinski definition) is 0. The number of alkyl halides is 3. The maximum Gasteiger partial charge on any atom is 0.425 e. The quantitative estimate of drug-likeness (QED) is 0.829. The molecule has 0 bridgehead atoms. The molecule has 1 aromatic heterocycles. The summed E-state index contributed by atoms with van der Waals surface area (Å²) in [6.45, 7) is 2.69. The minimum Gasteiger partial charge on any atom is -0.465 e. The topological polar surface area (TPSA) is 22.1 Å². The molecule has 6 heteroatoms. The number of halogens is 4. The van der Waals surface area contributed by atoms with Crippen molar-refractivity contribution in [2.75, 3.05) is 0 Å². The lowest BCUT2D eigenvalue weighted by Gasteiger charge is -2.17. The Morgan fingerprint density at radius 2 is 2.07 bits per heavy atom. The molecule has 84 valence electrons. The van der Waals surface area contributed by atoms with Gasteiger partial charge in [-0.05, 0) is 35.3 Å². The summed E-state index contributed by atoms with van der Waals surface area (Å²) in [7, 11) is 0. The van der Waals surface area contributed by atoms with Gasteiger partial charge in [-0.1, -0.05) is 0 Å². The molecule has 1 aromatic rings. The largest absolute Gasteiger partial charge is 0.465 e. The summed E-state index contributed by atoms with van der Waals surface area (Å²) in [5, 5.41) is 0. The Bertz CT molecular complexity index is 354. The zero-order chi connectivity index (χ0) is 11.6. The van der Waals surface area contributed by atoms with Crippen LogP contribution < -0.4 is 4.74 Å². The molecule has 0 saturated heterocycles. The summed E-state index contributed by atoms with van der Waals surface area (Å²) >= 11 is 3.19. The first kappa shape index (κ1) is 12.3. The zero-order valence-corrected chi connectivity index (χ0v) is 9.69. The number of nitrogens with zero attached hydrogens (tertiary/aromatic N) is 1. The third kappa shape index (κ3) is 3.37. The maximum absolute atomic E-state index is 12.2. The van der Waals surface area contributed by atoms with Crippen LogP contribution in [-0.4, -0.2) is 17.3 Å². The van der Waals surface area contributed by atoms with Crippen molar-refractivity contribution in [1.29, 1.82) is 0 Å². The van der Waals surface area contributed by atoms with Gasteiger partial charge in [-0.25, -0.2) is 4.98 Å². The Labute approximate surface area is 93.6 Å². The normalized spacial score (nSPS) is 13.7. The van der Waals surface area contributed by atoms with E-state index in [0.717, 1.165) is 17.0 Å². The molecule has 0 N–H and O–H groups in total. The van der Waals surface area contributed by atoms with Crippen molar-refractivity contribution in [1.82, 2.24) is 4.98 Å². The van der Waals surface area contributed by atoms with Crippen LogP contribution in [0.2, 0.25) is 0 Å². The van der Waals surface area contributed by atoms with Gasteiger partial charge in [-0.15, -0.1) is 0 Å². The summed E-state index contributed by atoms with van der Waals surface area (Å²) in [4.78, 5) is 3.72. The van der Waals surface area contributed by atoms with Crippen LogP contribution in [-0.2, 0) is 0 Å². The van der Waals surface area contributed by atoms with E-state index in [1.54, 1.807) is 6.92 Å². The van der Waals surface area contributed by atoms with Crippen LogP contribution in [0.25, 0.3) is 0 Å². The van der Waals surface area contributed by atoms with Crippen LogP contribution in [0.4, 0.5) is 13.2 Å². The van der Waals surface area contributed by atoms with Crippen LogP contribution in [0.3, 0.4) is 0 Å². The van der Waals surface area contributed by atoms with Gasteiger partial charge in [-0.2, -0.15) is 13.2 Å². The van der Waals surface area contributed by atoms with Gasteiger partial charge in [0.05, 0.1) is 0 Å². The lowest BCUT2D eigenvalue weighted by Crippen LogP contribution is -2.31. The molecule has 0 aliphatic carbocycles. The zero-order valence-electron chi connectivity index (χ0n) is 8.10. The summed E-state index contributed by atoms with van der Waals surface area (Å²) in [5.74, 6) is -0.0273. The van der Waals surface area contributed by atoms with Crippen LogP contribution >= 0.6 is 15.9 Å². The molecule has 0 saturated carbocycles. The molecular formula is C9H9BrF3NO. The number of hydrogen-bond acceptors (Lipinski definition) is 2. The van der Waals surface area contributed by atoms with Crippen molar-refractivity contribution >= 4 is 15.9 Å². The van der Waals surface area contributed by atoms with Crippen molar-refractivity contribution in [3.05, 3.63) is 22.3 Å². The maximum atomic E-state index is 12.2. The van der Waals surface area contributed by atoms with Gasteiger partial charge in [0.2, 0.25) is 5.88 Å². The highest BCUT2D eigenvalue weighted by Gasteiger charge is 2.38. The van der Waals surface area contributed by atoms with Gasteiger partial charge >= 0.3 is 6.18 Å². The first-order valence-corrected chi connectivity index (χ1v) is 4.95. The van der Waals surface area contributed by atoms with Gasteiger partial charge in [0, 0.05) is 16.7 Å². The van der Waals surface area contributed by atoms with Gasteiger partial charge in [0.1, 0.15) is 0 Å². The average molecular weight is 284 g/mol. The molecule has 2 nitrogen and oxygen atoms in total. The second kappa shape index (κ2) is 4.38. The molecule has 0 radical (unpaired) electrons. The highest BCUT2D eigenvalue weighted by molar-refractivity contribution is 9.10. The van der Waals surface area contributed by atoms with Crippen LogP contribution in [0.15, 0.2) is 16.7 Å². The van der Waals surface area contributed by atoms with Gasteiger partial charge < -0.3 is 4.74 Å². The van der Waals surface area contributed by atoms with E-state index in [0.29, 0.717) is 0 Å². The predicted octanol–water partition coefficient (Wildman–Crippen LogP) is 3.48. The highest BCUT2D eigenvalue weighted by atomic mass is 79.9. The van der Waals surface area contributed by atoms with Gasteiger partial charge in [-0.3, -0.25) is 0 Å². The molecule has 0 amide bonds. The average Bonchev–Trinajstić information content (AvgIpc) is 2.10. The fourth-order valence-corrected chi connectivity index (χ4v) is 1.04. The Morgan fingerprint density at radius 1 is 1.47 bits per heavy atom. The van der Waals surface area contributed by atoms with E-state index in [1.165, 1.54) is 12.3 Å². The fourth-order valence-electron chi connectivity index (χ4n) is 0.826. The standard InChI is InChI=1S/C9H9BrF3NO/c1-5-3-8(14-4-7(5)10)15-6(2)9(11,12)13/h3-4,6H,1-2H3. The Kier molecular flexibility index (Phi) is 3.59. The lowest BCUT2D eigenvalue weighted by atomic mass is 10.3. The first-order valence-electron chi connectivity index (χ1n) is 4.16. The van der Waals surface area contributed by atoms with E-state index in [4.69, 9.17) is 0 Å².